The van der Waals surface area contributed by atoms with E-state index in [9.17, 15) is 0 Å². The van der Waals surface area contributed by atoms with Crippen LogP contribution in [0.2, 0.25) is 0 Å². The molecule has 0 amide bonds. The van der Waals surface area contributed by atoms with E-state index in [0.29, 0.717) is 6.04 Å². The van der Waals surface area contributed by atoms with E-state index < -0.39 is 0 Å². The maximum atomic E-state index is 6.11. The maximum absolute atomic E-state index is 6.11. The van der Waals surface area contributed by atoms with Crippen LogP contribution in [0.25, 0.3) is 0 Å². The number of aromatic nitrogens is 1. The number of likely N-dealkylation sites (tertiary alicyclic amines) is 1. The Balaban J connectivity index is 1.67. The second kappa shape index (κ2) is 5.37. The molecule has 0 radical (unpaired) electrons. The maximum Gasteiger partial charge on any atom is 0.151 e. The fourth-order valence-electron chi connectivity index (χ4n) is 3.36. The van der Waals surface area contributed by atoms with Gasteiger partial charge in [-0.25, -0.2) is 4.98 Å². The fraction of sp³-hybridized carbons (Fsp3) is 0.667. The summed E-state index contributed by atoms with van der Waals surface area (Å²) in [4.78, 5) is 9.54. The molecule has 1 aromatic heterocycles. The highest BCUT2D eigenvalue weighted by molar-refractivity contribution is 5.63. The predicted octanol–water partition coefficient (Wildman–Crippen LogP) is 2.04. The van der Waals surface area contributed by atoms with E-state index in [2.05, 4.69) is 14.8 Å². The molecule has 2 N–H and O–H groups in total. The number of aryl methyl sites for hydroxylation is 1. The van der Waals surface area contributed by atoms with Gasteiger partial charge in [-0.1, -0.05) is 6.42 Å². The van der Waals surface area contributed by atoms with Crippen molar-refractivity contribution in [3.05, 3.63) is 17.8 Å². The van der Waals surface area contributed by atoms with Gasteiger partial charge in [-0.3, -0.25) is 4.90 Å². The summed E-state index contributed by atoms with van der Waals surface area (Å²) >= 11 is 0. The minimum absolute atomic E-state index is 0.697. The standard InChI is InChI=1S/C15H24N4/c1-12-9-14(16)15(17-10-12)19-8-5-13(11-19)18-6-3-2-4-7-18/h9-10,13H,2-8,11,16H2,1H3. The summed E-state index contributed by atoms with van der Waals surface area (Å²) in [5.74, 6) is 0.977. The van der Waals surface area contributed by atoms with E-state index >= 15 is 0 Å². The Morgan fingerprint density at radius 1 is 1.21 bits per heavy atom. The Morgan fingerprint density at radius 2 is 2.00 bits per heavy atom. The van der Waals surface area contributed by atoms with Gasteiger partial charge in [0, 0.05) is 25.3 Å². The molecule has 2 aliphatic heterocycles. The van der Waals surface area contributed by atoms with Crippen molar-refractivity contribution in [3.8, 4) is 0 Å². The number of hydrogen-bond donors (Lipinski definition) is 1. The zero-order valence-corrected chi connectivity index (χ0v) is 11.8. The number of piperidine rings is 1. The largest absolute Gasteiger partial charge is 0.396 e. The van der Waals surface area contributed by atoms with Crippen LogP contribution in [-0.4, -0.2) is 42.1 Å². The third-order valence-electron chi connectivity index (χ3n) is 4.40. The highest BCUT2D eigenvalue weighted by Gasteiger charge is 2.29. The fourth-order valence-corrected chi connectivity index (χ4v) is 3.36. The summed E-state index contributed by atoms with van der Waals surface area (Å²) in [6.45, 7) is 6.75. The Kier molecular flexibility index (Phi) is 3.60. The molecule has 2 aliphatic rings. The second-order valence-electron chi connectivity index (χ2n) is 5.91. The lowest BCUT2D eigenvalue weighted by Gasteiger charge is -2.32. The van der Waals surface area contributed by atoms with Crippen molar-refractivity contribution in [3.63, 3.8) is 0 Å². The molecular weight excluding hydrogens is 236 g/mol. The number of hydrogen-bond acceptors (Lipinski definition) is 4. The van der Waals surface area contributed by atoms with Crippen LogP contribution in [0.5, 0.6) is 0 Å². The Morgan fingerprint density at radius 3 is 2.74 bits per heavy atom. The molecule has 4 heteroatoms. The molecule has 3 rings (SSSR count). The molecule has 0 aromatic carbocycles. The van der Waals surface area contributed by atoms with Crippen molar-refractivity contribution in [1.82, 2.24) is 9.88 Å². The molecule has 104 valence electrons. The Hall–Kier alpha value is -1.29. The van der Waals surface area contributed by atoms with Gasteiger partial charge < -0.3 is 10.6 Å². The lowest BCUT2D eigenvalue weighted by Crippen LogP contribution is -2.41. The molecule has 1 atom stereocenters. The molecule has 2 fully saturated rings. The van der Waals surface area contributed by atoms with E-state index in [0.717, 1.165) is 30.2 Å². The van der Waals surface area contributed by atoms with E-state index in [4.69, 9.17) is 5.73 Å². The molecule has 1 unspecified atom stereocenters. The molecule has 0 bridgehead atoms. The first kappa shape index (κ1) is 12.7. The van der Waals surface area contributed by atoms with Crippen LogP contribution in [0.4, 0.5) is 11.5 Å². The first-order valence-electron chi connectivity index (χ1n) is 7.45. The van der Waals surface area contributed by atoms with E-state index in [-0.39, 0.29) is 0 Å². The van der Waals surface area contributed by atoms with Crippen molar-refractivity contribution in [2.45, 2.75) is 38.6 Å². The first-order chi connectivity index (χ1) is 9.24. The molecule has 4 nitrogen and oxygen atoms in total. The topological polar surface area (TPSA) is 45.4 Å². The molecular formula is C15H24N4. The van der Waals surface area contributed by atoms with Crippen LogP contribution in [-0.2, 0) is 0 Å². The number of nitrogens with two attached hydrogens (primary N) is 1. The van der Waals surface area contributed by atoms with Crippen LogP contribution < -0.4 is 10.6 Å². The van der Waals surface area contributed by atoms with Crippen LogP contribution in [0.15, 0.2) is 12.3 Å². The minimum Gasteiger partial charge on any atom is -0.396 e. The van der Waals surface area contributed by atoms with Crippen molar-refractivity contribution in [2.24, 2.45) is 0 Å². The van der Waals surface area contributed by atoms with E-state index in [1.807, 2.05) is 19.2 Å². The van der Waals surface area contributed by atoms with Crippen LogP contribution in [0, 0.1) is 6.92 Å². The highest BCUT2D eigenvalue weighted by atomic mass is 15.3. The van der Waals surface area contributed by atoms with Gasteiger partial charge in [0.2, 0.25) is 0 Å². The van der Waals surface area contributed by atoms with Crippen LogP contribution in [0.3, 0.4) is 0 Å². The van der Waals surface area contributed by atoms with E-state index in [1.54, 1.807) is 0 Å². The van der Waals surface area contributed by atoms with Crippen molar-refractivity contribution in [2.75, 3.05) is 36.8 Å². The highest BCUT2D eigenvalue weighted by Crippen LogP contribution is 2.27. The monoisotopic (exact) mass is 260 g/mol. The molecule has 19 heavy (non-hydrogen) atoms. The molecule has 0 spiro atoms. The third kappa shape index (κ3) is 2.68. The zero-order chi connectivity index (χ0) is 13.2. The third-order valence-corrected chi connectivity index (χ3v) is 4.40. The average molecular weight is 260 g/mol. The number of nitrogen functional groups attached to an aromatic ring is 1. The summed E-state index contributed by atoms with van der Waals surface area (Å²) < 4.78 is 0. The van der Waals surface area contributed by atoms with Crippen molar-refractivity contribution in [1.29, 1.82) is 0 Å². The lowest BCUT2D eigenvalue weighted by molar-refractivity contribution is 0.175. The van der Waals surface area contributed by atoms with Crippen molar-refractivity contribution >= 4 is 11.5 Å². The summed E-state index contributed by atoms with van der Waals surface area (Å²) in [6, 6.07) is 2.72. The van der Waals surface area contributed by atoms with Crippen molar-refractivity contribution < 1.29 is 0 Å². The van der Waals surface area contributed by atoms with Gasteiger partial charge in [0.05, 0.1) is 5.69 Å². The Bertz CT molecular complexity index is 440. The predicted molar refractivity (Wildman–Crippen MR) is 79.4 cm³/mol. The first-order valence-corrected chi connectivity index (χ1v) is 7.45. The van der Waals surface area contributed by atoms with Gasteiger partial charge >= 0.3 is 0 Å². The molecule has 2 saturated heterocycles. The summed E-state index contributed by atoms with van der Waals surface area (Å²) in [6.07, 6.45) is 7.29. The number of rotatable bonds is 2. The van der Waals surface area contributed by atoms with Gasteiger partial charge in [0.25, 0.3) is 0 Å². The van der Waals surface area contributed by atoms with Gasteiger partial charge in [-0.15, -0.1) is 0 Å². The Labute approximate surface area is 115 Å². The van der Waals surface area contributed by atoms with Gasteiger partial charge in [-0.05, 0) is 50.9 Å². The SMILES string of the molecule is Cc1cnc(N2CCC(N3CCCCC3)C2)c(N)c1. The summed E-state index contributed by atoms with van der Waals surface area (Å²) in [5, 5.41) is 0. The van der Waals surface area contributed by atoms with Gasteiger partial charge in [-0.2, -0.15) is 0 Å². The number of anilines is 2. The zero-order valence-electron chi connectivity index (χ0n) is 11.8. The quantitative estimate of drug-likeness (QED) is 0.884. The molecule has 0 saturated carbocycles. The number of nitrogens with zero attached hydrogens (tertiary/aromatic N) is 3. The van der Waals surface area contributed by atoms with Gasteiger partial charge in [0.15, 0.2) is 5.82 Å². The van der Waals surface area contributed by atoms with Gasteiger partial charge in [0.1, 0.15) is 0 Å². The normalized spacial score (nSPS) is 24.9. The lowest BCUT2D eigenvalue weighted by atomic mass is 10.1. The summed E-state index contributed by atoms with van der Waals surface area (Å²) in [7, 11) is 0. The molecule has 1 aromatic rings. The van der Waals surface area contributed by atoms with Crippen LogP contribution in [0.1, 0.15) is 31.2 Å². The van der Waals surface area contributed by atoms with Crippen LogP contribution >= 0.6 is 0 Å². The number of pyridine rings is 1. The second-order valence-corrected chi connectivity index (χ2v) is 5.91. The minimum atomic E-state index is 0.697. The molecule has 0 aliphatic carbocycles. The molecule has 3 heterocycles. The van der Waals surface area contributed by atoms with E-state index in [1.165, 1.54) is 38.8 Å². The average Bonchev–Trinajstić information content (AvgIpc) is 2.89. The summed E-state index contributed by atoms with van der Waals surface area (Å²) in [5.41, 5.74) is 8.06. The smallest absolute Gasteiger partial charge is 0.151 e.